The molecular weight excluding hydrogens is 208 g/mol. The third-order valence-corrected chi connectivity index (χ3v) is 2.26. The Kier molecular flexibility index (Phi) is 2.64. The van der Waals surface area contributed by atoms with Crippen molar-refractivity contribution in [1.82, 2.24) is 0 Å². The Morgan fingerprint density at radius 2 is 2.25 bits per heavy atom. The average molecular weight is 218 g/mol. The smallest absolute Gasteiger partial charge is 0.168 e. The van der Waals surface area contributed by atoms with E-state index in [-0.39, 0.29) is 17.1 Å². The van der Waals surface area contributed by atoms with Crippen molar-refractivity contribution in [3.8, 4) is 22.8 Å². The Bertz CT molecular complexity index is 500. The molecule has 0 fully saturated rings. The Morgan fingerprint density at radius 3 is 2.81 bits per heavy atom. The number of carbonyl (C=O) groups is 1. The number of phenolic OH excluding ortho intramolecular Hbond substituents is 1. The number of benzene rings is 1. The molecule has 0 amide bonds. The highest BCUT2D eigenvalue weighted by molar-refractivity contribution is 5.84. The van der Waals surface area contributed by atoms with E-state index in [1.165, 1.54) is 13.4 Å². The van der Waals surface area contributed by atoms with E-state index in [1.54, 1.807) is 24.3 Å². The van der Waals surface area contributed by atoms with Gasteiger partial charge >= 0.3 is 0 Å². The number of aromatic hydroxyl groups is 1. The van der Waals surface area contributed by atoms with Gasteiger partial charge < -0.3 is 14.3 Å². The van der Waals surface area contributed by atoms with E-state index in [0.717, 1.165) is 0 Å². The molecule has 1 aromatic heterocycles. The molecule has 0 saturated heterocycles. The fourth-order valence-corrected chi connectivity index (χ4v) is 1.46. The van der Waals surface area contributed by atoms with Crippen molar-refractivity contribution >= 4 is 6.29 Å². The highest BCUT2D eigenvalue weighted by atomic mass is 16.5. The third kappa shape index (κ3) is 1.65. The van der Waals surface area contributed by atoms with Crippen molar-refractivity contribution in [2.75, 3.05) is 7.11 Å². The topological polar surface area (TPSA) is 59.7 Å². The van der Waals surface area contributed by atoms with Gasteiger partial charge in [-0.1, -0.05) is 0 Å². The van der Waals surface area contributed by atoms with E-state index in [4.69, 9.17) is 9.15 Å². The second-order valence-electron chi connectivity index (χ2n) is 3.21. The third-order valence-electron chi connectivity index (χ3n) is 2.26. The molecule has 0 aliphatic heterocycles. The van der Waals surface area contributed by atoms with Gasteiger partial charge in [0.2, 0.25) is 0 Å². The molecule has 0 spiro atoms. The molecule has 82 valence electrons. The normalized spacial score (nSPS) is 10.1. The summed E-state index contributed by atoms with van der Waals surface area (Å²) in [6.45, 7) is 0. The van der Waals surface area contributed by atoms with Gasteiger partial charge in [0.1, 0.15) is 5.76 Å². The molecular formula is C12H10O4. The first kappa shape index (κ1) is 10.3. The van der Waals surface area contributed by atoms with Crippen LogP contribution in [-0.4, -0.2) is 18.5 Å². The Hall–Kier alpha value is -2.23. The highest BCUT2D eigenvalue weighted by Crippen LogP contribution is 2.34. The summed E-state index contributed by atoms with van der Waals surface area (Å²) in [7, 11) is 1.43. The second-order valence-corrected chi connectivity index (χ2v) is 3.21. The molecule has 1 N–H and O–H groups in total. The minimum Gasteiger partial charge on any atom is -0.504 e. The first-order chi connectivity index (χ1) is 7.76. The summed E-state index contributed by atoms with van der Waals surface area (Å²) in [6, 6.07) is 6.67. The molecule has 0 bridgehead atoms. The summed E-state index contributed by atoms with van der Waals surface area (Å²) in [6.07, 6.45) is 2.11. The summed E-state index contributed by atoms with van der Waals surface area (Å²) in [5.41, 5.74) is 0.854. The van der Waals surface area contributed by atoms with Gasteiger partial charge in [0.05, 0.1) is 18.9 Å². The maximum Gasteiger partial charge on any atom is 0.168 e. The van der Waals surface area contributed by atoms with Crippen LogP contribution in [0, 0.1) is 0 Å². The van der Waals surface area contributed by atoms with Crippen LogP contribution < -0.4 is 4.74 Å². The maximum absolute atomic E-state index is 10.8. The lowest BCUT2D eigenvalue weighted by Crippen LogP contribution is -1.90. The fourth-order valence-electron chi connectivity index (χ4n) is 1.46. The Labute approximate surface area is 92.1 Å². The molecule has 1 heterocycles. The maximum atomic E-state index is 10.8. The molecule has 4 heteroatoms. The number of methoxy groups -OCH3 is 1. The largest absolute Gasteiger partial charge is 0.504 e. The van der Waals surface area contributed by atoms with Crippen LogP contribution in [-0.2, 0) is 0 Å². The highest BCUT2D eigenvalue weighted by Gasteiger charge is 2.12. The van der Waals surface area contributed by atoms with Crippen molar-refractivity contribution < 1.29 is 19.1 Å². The van der Waals surface area contributed by atoms with Crippen molar-refractivity contribution in [2.24, 2.45) is 0 Å². The molecule has 0 atom stereocenters. The van der Waals surface area contributed by atoms with Crippen LogP contribution in [0.4, 0.5) is 0 Å². The number of carbonyl (C=O) groups excluding carboxylic acids is 1. The molecule has 2 aromatic rings. The van der Waals surface area contributed by atoms with E-state index in [1.807, 2.05) is 0 Å². The number of aldehydes is 1. The molecule has 4 nitrogen and oxygen atoms in total. The zero-order valence-electron chi connectivity index (χ0n) is 8.64. The van der Waals surface area contributed by atoms with E-state index in [2.05, 4.69) is 0 Å². The van der Waals surface area contributed by atoms with E-state index >= 15 is 0 Å². The molecule has 1 aromatic carbocycles. The van der Waals surface area contributed by atoms with Gasteiger partial charge in [0, 0.05) is 5.56 Å². The quantitative estimate of drug-likeness (QED) is 0.804. The van der Waals surface area contributed by atoms with Crippen molar-refractivity contribution in [3.05, 3.63) is 36.1 Å². The molecule has 0 saturated carbocycles. The Morgan fingerprint density at radius 1 is 1.44 bits per heavy atom. The number of ether oxygens (including phenoxy) is 1. The van der Waals surface area contributed by atoms with E-state index < -0.39 is 0 Å². The Balaban J connectivity index is 2.60. The number of furan rings is 1. The molecule has 16 heavy (non-hydrogen) atoms. The summed E-state index contributed by atoms with van der Waals surface area (Å²) < 4.78 is 10.2. The van der Waals surface area contributed by atoms with E-state index in [0.29, 0.717) is 17.6 Å². The van der Waals surface area contributed by atoms with Crippen LogP contribution in [0.5, 0.6) is 11.5 Å². The van der Waals surface area contributed by atoms with Crippen LogP contribution in [0.25, 0.3) is 11.3 Å². The standard InChI is InChI=1S/C12H10O4/c1-15-11-6-8(10-3-2-4-16-10)5-9(7-13)12(11)14/h2-7,14H,1H3. The molecule has 0 aliphatic carbocycles. The van der Waals surface area contributed by atoms with Crippen molar-refractivity contribution in [3.63, 3.8) is 0 Å². The summed E-state index contributed by atoms with van der Waals surface area (Å²) >= 11 is 0. The number of hydrogen-bond acceptors (Lipinski definition) is 4. The average Bonchev–Trinajstić information content (AvgIpc) is 2.83. The zero-order chi connectivity index (χ0) is 11.5. The van der Waals surface area contributed by atoms with Crippen molar-refractivity contribution in [2.45, 2.75) is 0 Å². The molecule has 0 unspecified atom stereocenters. The predicted molar refractivity (Wildman–Crippen MR) is 57.7 cm³/mol. The van der Waals surface area contributed by atoms with Crippen LogP contribution in [0.15, 0.2) is 34.9 Å². The first-order valence-electron chi connectivity index (χ1n) is 4.66. The minimum absolute atomic E-state index is 0.159. The van der Waals surface area contributed by atoms with Crippen LogP contribution >= 0.6 is 0 Å². The predicted octanol–water partition coefficient (Wildman–Crippen LogP) is 2.47. The summed E-state index contributed by atoms with van der Waals surface area (Å²) in [5, 5.41) is 9.62. The van der Waals surface area contributed by atoms with Gasteiger partial charge in [-0.05, 0) is 24.3 Å². The monoisotopic (exact) mass is 218 g/mol. The first-order valence-corrected chi connectivity index (χ1v) is 4.66. The number of phenols is 1. The fraction of sp³-hybridized carbons (Fsp3) is 0.0833. The van der Waals surface area contributed by atoms with E-state index in [9.17, 15) is 9.90 Å². The second kappa shape index (κ2) is 4.10. The lowest BCUT2D eigenvalue weighted by Gasteiger charge is -2.07. The molecule has 0 radical (unpaired) electrons. The van der Waals surface area contributed by atoms with Gasteiger partial charge in [-0.3, -0.25) is 4.79 Å². The van der Waals surface area contributed by atoms with Gasteiger partial charge in [0.15, 0.2) is 17.8 Å². The molecule has 0 aliphatic rings. The summed E-state index contributed by atoms with van der Waals surface area (Å²) in [5.74, 6) is 0.699. The van der Waals surface area contributed by atoms with Gasteiger partial charge in [-0.15, -0.1) is 0 Å². The van der Waals surface area contributed by atoms with Crippen LogP contribution in [0.2, 0.25) is 0 Å². The van der Waals surface area contributed by atoms with Crippen molar-refractivity contribution in [1.29, 1.82) is 0 Å². The minimum atomic E-state index is -0.159. The van der Waals surface area contributed by atoms with Gasteiger partial charge in [-0.2, -0.15) is 0 Å². The lowest BCUT2D eigenvalue weighted by molar-refractivity contribution is 0.112. The molecule has 2 rings (SSSR count). The number of hydrogen-bond donors (Lipinski definition) is 1. The summed E-state index contributed by atoms with van der Waals surface area (Å²) in [4.78, 5) is 10.8. The zero-order valence-corrected chi connectivity index (χ0v) is 8.64. The van der Waals surface area contributed by atoms with Gasteiger partial charge in [-0.25, -0.2) is 0 Å². The lowest BCUT2D eigenvalue weighted by atomic mass is 10.1. The van der Waals surface area contributed by atoms with Gasteiger partial charge in [0.25, 0.3) is 0 Å². The number of rotatable bonds is 3. The van der Waals surface area contributed by atoms with Crippen LogP contribution in [0.3, 0.4) is 0 Å². The van der Waals surface area contributed by atoms with Crippen LogP contribution in [0.1, 0.15) is 10.4 Å². The SMILES string of the molecule is COc1cc(-c2ccco2)cc(C=O)c1O.